The molecule has 0 spiro atoms. The fourth-order valence-corrected chi connectivity index (χ4v) is 2.72. The van der Waals surface area contributed by atoms with Crippen molar-refractivity contribution in [2.75, 3.05) is 0 Å². The summed E-state index contributed by atoms with van der Waals surface area (Å²) < 4.78 is 0. The van der Waals surface area contributed by atoms with Gasteiger partial charge in [0.25, 0.3) is 0 Å². The van der Waals surface area contributed by atoms with E-state index in [9.17, 15) is 0 Å². The molecular weight excluding hydrogens is 228 g/mol. The lowest BCUT2D eigenvalue weighted by Gasteiger charge is -2.18. The monoisotopic (exact) mass is 246 g/mol. The van der Waals surface area contributed by atoms with E-state index in [4.69, 9.17) is 0 Å². The molecule has 1 unspecified atom stereocenters. The van der Waals surface area contributed by atoms with E-state index in [1.165, 1.54) is 16.7 Å². The van der Waals surface area contributed by atoms with E-state index in [0.717, 1.165) is 12.8 Å². The lowest BCUT2D eigenvalue weighted by molar-refractivity contribution is 0.875. The molecule has 3 aliphatic carbocycles. The van der Waals surface area contributed by atoms with Gasteiger partial charge in [-0.25, -0.2) is 0 Å². The highest BCUT2D eigenvalue weighted by Gasteiger charge is 2.20. The van der Waals surface area contributed by atoms with E-state index >= 15 is 0 Å². The van der Waals surface area contributed by atoms with Gasteiger partial charge in [0.15, 0.2) is 0 Å². The smallest absolute Gasteiger partial charge is 0.0240 e. The Balaban J connectivity index is 1.87. The number of allylic oxidation sites excluding steroid dienone is 16. The van der Waals surface area contributed by atoms with E-state index in [1.54, 1.807) is 0 Å². The maximum absolute atomic E-state index is 2.31. The highest BCUT2D eigenvalue weighted by molar-refractivity contribution is 5.50. The maximum Gasteiger partial charge on any atom is 0.0240 e. The largest absolute Gasteiger partial charge is 0.0804 e. The molecule has 3 aliphatic rings. The molecule has 0 nitrogen and oxygen atoms in total. The van der Waals surface area contributed by atoms with Crippen molar-refractivity contribution in [1.29, 1.82) is 0 Å². The summed E-state index contributed by atoms with van der Waals surface area (Å²) in [5, 5.41) is 0. The standard InChI is InChI=1S/C19H18/c1-2-6-11-16(10-5-1)18-14-9-15-19(18)17-12-7-3-4-8-13-17/h1-10,12,14-15,18H,11,13H2. The molecule has 0 radical (unpaired) electrons. The molecule has 94 valence electrons. The van der Waals surface area contributed by atoms with Crippen molar-refractivity contribution in [2.24, 2.45) is 5.92 Å². The van der Waals surface area contributed by atoms with Gasteiger partial charge in [-0.1, -0.05) is 84.6 Å². The zero-order valence-corrected chi connectivity index (χ0v) is 11.0. The summed E-state index contributed by atoms with van der Waals surface area (Å²) in [6, 6.07) is 0. The van der Waals surface area contributed by atoms with Crippen LogP contribution in [0.2, 0.25) is 0 Å². The zero-order valence-electron chi connectivity index (χ0n) is 11.0. The van der Waals surface area contributed by atoms with Gasteiger partial charge in [-0.15, -0.1) is 0 Å². The first-order valence-corrected chi connectivity index (χ1v) is 6.88. The third-order valence-corrected chi connectivity index (χ3v) is 3.70. The Labute approximate surface area is 115 Å². The van der Waals surface area contributed by atoms with Crippen LogP contribution in [-0.4, -0.2) is 0 Å². The van der Waals surface area contributed by atoms with Gasteiger partial charge in [0, 0.05) is 5.92 Å². The van der Waals surface area contributed by atoms with Crippen LogP contribution < -0.4 is 0 Å². The van der Waals surface area contributed by atoms with Gasteiger partial charge in [0.05, 0.1) is 0 Å². The van der Waals surface area contributed by atoms with Crippen LogP contribution in [0.5, 0.6) is 0 Å². The summed E-state index contributed by atoms with van der Waals surface area (Å²) in [6.45, 7) is 0. The molecule has 19 heavy (non-hydrogen) atoms. The predicted molar refractivity (Wildman–Crippen MR) is 82.7 cm³/mol. The van der Waals surface area contributed by atoms with Crippen LogP contribution in [0.25, 0.3) is 0 Å². The van der Waals surface area contributed by atoms with Gasteiger partial charge in [0.2, 0.25) is 0 Å². The molecule has 0 heteroatoms. The Hall–Kier alpha value is -2.08. The molecule has 0 N–H and O–H groups in total. The molecule has 0 aromatic carbocycles. The summed E-state index contributed by atoms with van der Waals surface area (Å²) in [6.07, 6.45) is 30.5. The van der Waals surface area contributed by atoms with Gasteiger partial charge >= 0.3 is 0 Å². The fraction of sp³-hybridized carbons (Fsp3) is 0.158. The minimum atomic E-state index is 0.443. The van der Waals surface area contributed by atoms with Gasteiger partial charge in [-0.2, -0.15) is 0 Å². The van der Waals surface area contributed by atoms with Crippen molar-refractivity contribution >= 4 is 0 Å². The van der Waals surface area contributed by atoms with Crippen molar-refractivity contribution in [3.05, 3.63) is 95.7 Å². The second kappa shape index (κ2) is 5.71. The Morgan fingerprint density at radius 1 is 0.684 bits per heavy atom. The highest BCUT2D eigenvalue weighted by Crippen LogP contribution is 2.36. The first-order valence-electron chi connectivity index (χ1n) is 6.88. The van der Waals surface area contributed by atoms with Crippen LogP contribution in [0.15, 0.2) is 95.7 Å². The minimum absolute atomic E-state index is 0.443. The van der Waals surface area contributed by atoms with Crippen molar-refractivity contribution in [3.8, 4) is 0 Å². The van der Waals surface area contributed by atoms with E-state index in [0.29, 0.717) is 5.92 Å². The molecule has 0 aliphatic heterocycles. The fourth-order valence-electron chi connectivity index (χ4n) is 2.72. The second-order valence-corrected chi connectivity index (χ2v) is 4.95. The molecule has 1 atom stereocenters. The molecule has 0 fully saturated rings. The number of hydrogen-bond donors (Lipinski definition) is 0. The number of rotatable bonds is 2. The Morgan fingerprint density at radius 3 is 2.37 bits per heavy atom. The quantitative estimate of drug-likeness (QED) is 0.644. The Kier molecular flexibility index (Phi) is 3.60. The summed E-state index contributed by atoms with van der Waals surface area (Å²) in [5.74, 6) is 0.443. The predicted octanol–water partition coefficient (Wildman–Crippen LogP) is 4.98. The highest BCUT2D eigenvalue weighted by atomic mass is 14.2. The Morgan fingerprint density at radius 2 is 1.47 bits per heavy atom. The van der Waals surface area contributed by atoms with E-state index < -0.39 is 0 Å². The third-order valence-electron chi connectivity index (χ3n) is 3.70. The van der Waals surface area contributed by atoms with Crippen molar-refractivity contribution in [2.45, 2.75) is 12.8 Å². The average molecular weight is 246 g/mol. The molecule has 0 aromatic rings. The molecule has 0 heterocycles. The van der Waals surface area contributed by atoms with Crippen LogP contribution in [0.1, 0.15) is 12.8 Å². The maximum atomic E-state index is 2.31. The molecule has 0 bridgehead atoms. The van der Waals surface area contributed by atoms with Gasteiger partial charge in [-0.05, 0) is 24.0 Å². The first-order chi connectivity index (χ1) is 9.45. The van der Waals surface area contributed by atoms with Gasteiger partial charge < -0.3 is 0 Å². The Bertz CT molecular complexity index is 584. The normalized spacial score (nSPS) is 24.8. The van der Waals surface area contributed by atoms with Crippen LogP contribution >= 0.6 is 0 Å². The molecular formula is C19H18. The second-order valence-electron chi connectivity index (χ2n) is 4.95. The molecule has 0 saturated heterocycles. The average Bonchev–Trinajstić information content (AvgIpc) is 2.67. The van der Waals surface area contributed by atoms with Crippen LogP contribution in [0.3, 0.4) is 0 Å². The van der Waals surface area contributed by atoms with Crippen LogP contribution in [0, 0.1) is 5.92 Å². The van der Waals surface area contributed by atoms with Crippen molar-refractivity contribution < 1.29 is 0 Å². The molecule has 3 rings (SSSR count). The minimum Gasteiger partial charge on any atom is -0.0804 e. The molecule has 0 aromatic heterocycles. The number of hydrogen-bond acceptors (Lipinski definition) is 0. The summed E-state index contributed by atoms with van der Waals surface area (Å²) >= 11 is 0. The third kappa shape index (κ3) is 2.68. The zero-order chi connectivity index (χ0) is 12.9. The summed E-state index contributed by atoms with van der Waals surface area (Å²) in [5.41, 5.74) is 4.35. The van der Waals surface area contributed by atoms with Gasteiger partial charge in [0.1, 0.15) is 0 Å². The van der Waals surface area contributed by atoms with Crippen molar-refractivity contribution in [3.63, 3.8) is 0 Å². The van der Waals surface area contributed by atoms with E-state index in [2.05, 4.69) is 79.0 Å². The van der Waals surface area contributed by atoms with Gasteiger partial charge in [-0.3, -0.25) is 0 Å². The lowest BCUT2D eigenvalue weighted by atomic mass is 9.86. The summed E-state index contributed by atoms with van der Waals surface area (Å²) in [7, 11) is 0. The summed E-state index contributed by atoms with van der Waals surface area (Å²) in [4.78, 5) is 0. The van der Waals surface area contributed by atoms with Crippen LogP contribution in [-0.2, 0) is 0 Å². The van der Waals surface area contributed by atoms with Crippen LogP contribution in [0.4, 0.5) is 0 Å². The SMILES string of the molecule is C1=CC=C(C2=CC=CC2C2=CC=CC=CC2)CC=C1. The van der Waals surface area contributed by atoms with E-state index in [-0.39, 0.29) is 0 Å². The molecule has 0 amide bonds. The molecule has 0 saturated carbocycles. The topological polar surface area (TPSA) is 0 Å². The van der Waals surface area contributed by atoms with Crippen molar-refractivity contribution in [1.82, 2.24) is 0 Å². The lowest BCUT2D eigenvalue weighted by Crippen LogP contribution is -2.04. The first kappa shape index (κ1) is 12.0. The van der Waals surface area contributed by atoms with E-state index in [1.807, 2.05) is 0 Å².